The number of hydrogen-bond acceptors (Lipinski definition) is 7. The molecule has 0 saturated carbocycles. The molecule has 38 heavy (non-hydrogen) atoms. The summed E-state index contributed by atoms with van der Waals surface area (Å²) in [5.41, 5.74) is 0.886. The lowest BCUT2D eigenvalue weighted by Crippen LogP contribution is -2.66. The second-order valence-corrected chi connectivity index (χ2v) is 9.70. The van der Waals surface area contributed by atoms with Gasteiger partial charge in [0.05, 0.1) is 23.4 Å². The molecule has 1 saturated heterocycles. The maximum absolute atomic E-state index is 14.4. The number of esters is 1. The van der Waals surface area contributed by atoms with Gasteiger partial charge in [0.15, 0.2) is 11.5 Å². The number of benzene rings is 2. The van der Waals surface area contributed by atoms with E-state index >= 15 is 0 Å². The predicted octanol–water partition coefficient (Wildman–Crippen LogP) is 3.94. The van der Waals surface area contributed by atoms with Crippen LogP contribution in [0.2, 0.25) is 5.02 Å². The molecule has 3 aromatic rings. The number of ether oxygens (including phenoxy) is 1. The number of halogens is 2. The molecule has 1 aliphatic heterocycles. The highest BCUT2D eigenvalue weighted by Gasteiger charge is 2.52. The topological polar surface area (TPSA) is 114 Å². The van der Waals surface area contributed by atoms with Crippen LogP contribution < -0.4 is 15.5 Å². The Labute approximate surface area is 224 Å². The van der Waals surface area contributed by atoms with Gasteiger partial charge in [0, 0.05) is 20.1 Å². The zero-order valence-electron chi connectivity index (χ0n) is 21.3. The molecule has 9 nitrogen and oxygen atoms in total. The van der Waals surface area contributed by atoms with Crippen LogP contribution >= 0.6 is 11.6 Å². The summed E-state index contributed by atoms with van der Waals surface area (Å²) in [5, 5.41) is 13.1. The lowest BCUT2D eigenvalue weighted by atomic mass is 9.69. The number of nitrogens with zero attached hydrogens (tertiary/aromatic N) is 3. The van der Waals surface area contributed by atoms with E-state index in [1.807, 2.05) is 43.0 Å². The van der Waals surface area contributed by atoms with Gasteiger partial charge in [0.25, 0.3) is 5.91 Å². The van der Waals surface area contributed by atoms with Gasteiger partial charge in [-0.2, -0.15) is 0 Å². The Balaban J connectivity index is 1.72. The molecule has 0 bridgehead atoms. The van der Waals surface area contributed by atoms with Crippen molar-refractivity contribution in [2.75, 3.05) is 37.5 Å². The molecule has 2 aromatic carbocycles. The van der Waals surface area contributed by atoms with Crippen LogP contribution in [-0.4, -0.2) is 55.2 Å². The average Bonchev–Trinajstić information content (AvgIpc) is 2.89. The molecule has 198 valence electrons. The van der Waals surface area contributed by atoms with Gasteiger partial charge in [-0.1, -0.05) is 49.7 Å². The molecule has 11 heteroatoms. The van der Waals surface area contributed by atoms with Crippen molar-refractivity contribution in [3.8, 4) is 0 Å². The number of carbonyl (C=O) groups is 3. The molecule has 0 aliphatic carbocycles. The summed E-state index contributed by atoms with van der Waals surface area (Å²) in [7, 11) is 2.69. The first kappa shape index (κ1) is 27.0. The minimum Gasteiger partial charge on any atom is -0.464 e. The number of amides is 2. The van der Waals surface area contributed by atoms with Crippen LogP contribution in [0, 0.1) is 5.82 Å². The van der Waals surface area contributed by atoms with Crippen LogP contribution in [0.5, 0.6) is 0 Å². The third-order valence-electron chi connectivity index (χ3n) is 6.60. The van der Waals surface area contributed by atoms with E-state index < -0.39 is 29.0 Å². The summed E-state index contributed by atoms with van der Waals surface area (Å²) >= 11 is 5.91. The van der Waals surface area contributed by atoms with E-state index in [9.17, 15) is 18.8 Å². The summed E-state index contributed by atoms with van der Waals surface area (Å²) in [6, 6.07) is 13.0. The molecule has 2 heterocycles. The summed E-state index contributed by atoms with van der Waals surface area (Å²) in [5.74, 6) is -1.69. The molecule has 0 unspecified atom stereocenters. The Morgan fingerprint density at radius 3 is 2.42 bits per heavy atom. The highest BCUT2D eigenvalue weighted by Crippen LogP contribution is 2.41. The predicted molar refractivity (Wildman–Crippen MR) is 141 cm³/mol. The number of carbonyl (C=O) groups excluding carboxylic acids is 3. The van der Waals surface area contributed by atoms with Crippen molar-refractivity contribution in [2.24, 2.45) is 0 Å². The lowest BCUT2D eigenvalue weighted by Gasteiger charge is -2.50. The maximum atomic E-state index is 14.4. The first-order valence-electron chi connectivity index (χ1n) is 11.9. The minimum atomic E-state index is -1.04. The molecule has 0 atom stereocenters. The van der Waals surface area contributed by atoms with Crippen molar-refractivity contribution >= 4 is 40.9 Å². The molecule has 4 rings (SSSR count). The van der Waals surface area contributed by atoms with E-state index in [0.717, 1.165) is 17.2 Å². The molecule has 1 aromatic heterocycles. The van der Waals surface area contributed by atoms with Crippen molar-refractivity contribution in [1.82, 2.24) is 15.5 Å². The van der Waals surface area contributed by atoms with Gasteiger partial charge in [-0.05, 0) is 41.3 Å². The number of hydrogen-bond donors (Lipinski definition) is 2. The zero-order chi connectivity index (χ0) is 27.6. The van der Waals surface area contributed by atoms with Gasteiger partial charge in [-0.3, -0.25) is 9.59 Å². The largest absolute Gasteiger partial charge is 0.464 e. The van der Waals surface area contributed by atoms with Crippen molar-refractivity contribution in [1.29, 1.82) is 0 Å². The van der Waals surface area contributed by atoms with Crippen molar-refractivity contribution in [2.45, 2.75) is 25.2 Å². The van der Waals surface area contributed by atoms with Crippen LogP contribution in [0.4, 0.5) is 15.9 Å². The summed E-state index contributed by atoms with van der Waals surface area (Å²) in [4.78, 5) is 40.0. The van der Waals surface area contributed by atoms with E-state index in [1.165, 1.54) is 26.3 Å². The Morgan fingerprint density at radius 1 is 1.11 bits per heavy atom. The molecular formula is C27H27ClFN5O4. The van der Waals surface area contributed by atoms with E-state index in [1.54, 1.807) is 6.07 Å². The van der Waals surface area contributed by atoms with Gasteiger partial charge >= 0.3 is 5.97 Å². The Hall–Kier alpha value is -4.05. The van der Waals surface area contributed by atoms with Crippen LogP contribution in [0.3, 0.4) is 0 Å². The van der Waals surface area contributed by atoms with Crippen molar-refractivity contribution in [3.63, 3.8) is 0 Å². The van der Waals surface area contributed by atoms with Gasteiger partial charge in [0.2, 0.25) is 5.91 Å². The van der Waals surface area contributed by atoms with Gasteiger partial charge < -0.3 is 20.3 Å². The third-order valence-corrected chi connectivity index (χ3v) is 6.89. The van der Waals surface area contributed by atoms with Crippen molar-refractivity contribution in [3.05, 3.63) is 81.8 Å². The molecule has 0 spiro atoms. The first-order valence-corrected chi connectivity index (χ1v) is 12.3. The molecule has 0 radical (unpaired) electrons. The Kier molecular flexibility index (Phi) is 7.63. The fourth-order valence-electron chi connectivity index (χ4n) is 4.56. The maximum Gasteiger partial charge on any atom is 0.358 e. The zero-order valence-corrected chi connectivity index (χ0v) is 22.1. The molecule has 1 aliphatic rings. The Morgan fingerprint density at radius 2 is 1.82 bits per heavy atom. The van der Waals surface area contributed by atoms with E-state index in [0.29, 0.717) is 5.82 Å². The minimum absolute atomic E-state index is 0.0123. The fourth-order valence-corrected chi connectivity index (χ4v) is 4.73. The first-order chi connectivity index (χ1) is 18.1. The van der Waals surface area contributed by atoms with E-state index in [4.69, 9.17) is 11.6 Å². The number of nitrogens with one attached hydrogen (secondary N) is 2. The quantitative estimate of drug-likeness (QED) is 0.437. The number of rotatable bonds is 7. The molecule has 2 amide bonds. The standard InChI is InChI=1S/C27H27ClFN5O4/c1-15(2)16-7-5-6-8-18(16)27(13-34(14-27)23-10-9-21(32-33-23)25(36)38-4)26(37)31-22-12-20(29)19(28)11-17(22)24(35)30-3/h5-12,15H,13-14H2,1-4H3,(H,30,35)(H,31,37). The molecular weight excluding hydrogens is 513 g/mol. The second-order valence-electron chi connectivity index (χ2n) is 9.29. The van der Waals surface area contributed by atoms with Gasteiger partial charge in [-0.25, -0.2) is 9.18 Å². The average molecular weight is 540 g/mol. The molecule has 2 N–H and O–H groups in total. The van der Waals surface area contributed by atoms with Crippen LogP contribution in [0.15, 0.2) is 48.5 Å². The number of anilines is 2. The second kappa shape index (κ2) is 10.7. The summed E-state index contributed by atoms with van der Waals surface area (Å²) in [6.07, 6.45) is 0. The smallest absolute Gasteiger partial charge is 0.358 e. The fraction of sp³-hybridized carbons (Fsp3) is 0.296. The molecule has 1 fully saturated rings. The van der Waals surface area contributed by atoms with E-state index in [-0.39, 0.29) is 41.0 Å². The van der Waals surface area contributed by atoms with Crippen LogP contribution in [0.1, 0.15) is 51.7 Å². The van der Waals surface area contributed by atoms with Gasteiger partial charge in [0.1, 0.15) is 11.2 Å². The number of methoxy groups -OCH3 is 1. The lowest BCUT2D eigenvalue weighted by molar-refractivity contribution is -0.122. The normalized spacial score (nSPS) is 14.0. The van der Waals surface area contributed by atoms with Gasteiger partial charge in [-0.15, -0.1) is 10.2 Å². The van der Waals surface area contributed by atoms with E-state index in [2.05, 4.69) is 25.6 Å². The number of aromatic nitrogens is 2. The Bertz CT molecular complexity index is 1390. The monoisotopic (exact) mass is 539 g/mol. The highest BCUT2D eigenvalue weighted by atomic mass is 35.5. The van der Waals surface area contributed by atoms with Crippen LogP contribution in [0.25, 0.3) is 0 Å². The van der Waals surface area contributed by atoms with Crippen molar-refractivity contribution < 1.29 is 23.5 Å². The van der Waals surface area contributed by atoms with Crippen LogP contribution in [-0.2, 0) is 14.9 Å². The third kappa shape index (κ3) is 4.91. The highest BCUT2D eigenvalue weighted by molar-refractivity contribution is 6.31. The summed E-state index contributed by atoms with van der Waals surface area (Å²) in [6.45, 7) is 4.55. The SMILES string of the molecule is CNC(=O)c1cc(Cl)c(F)cc1NC(=O)C1(c2ccccc2C(C)C)CN(c2ccc(C(=O)OC)nn2)C1. The summed E-state index contributed by atoms with van der Waals surface area (Å²) < 4.78 is 19.1.